The summed E-state index contributed by atoms with van der Waals surface area (Å²) in [6, 6.07) is 2.25. The minimum absolute atomic E-state index is 0.0511. The average Bonchev–Trinajstić information content (AvgIpc) is 3.12. The van der Waals surface area contributed by atoms with Crippen molar-refractivity contribution in [2.45, 2.75) is 19.0 Å². The van der Waals surface area contributed by atoms with Crippen LogP contribution in [0.15, 0.2) is 18.2 Å². The Morgan fingerprint density at radius 2 is 2.05 bits per heavy atom. The number of alkyl halides is 3. The highest BCUT2D eigenvalue weighted by Crippen LogP contribution is 2.33. The first-order valence-corrected chi connectivity index (χ1v) is 6.15. The molecule has 7 heteroatoms. The maximum absolute atomic E-state index is 12.5. The van der Waals surface area contributed by atoms with Crippen LogP contribution in [0.2, 0.25) is 5.02 Å². The molecule has 2 rings (SSSR count). The van der Waals surface area contributed by atoms with E-state index < -0.39 is 17.8 Å². The summed E-state index contributed by atoms with van der Waals surface area (Å²) in [4.78, 5) is 11.5. The van der Waals surface area contributed by atoms with Crippen LogP contribution in [0.1, 0.15) is 18.4 Å². The minimum Gasteiger partial charge on any atom is -0.338 e. The van der Waals surface area contributed by atoms with E-state index >= 15 is 0 Å². The summed E-state index contributed by atoms with van der Waals surface area (Å²) >= 11 is 5.76. The largest absolute Gasteiger partial charge is 0.416 e. The van der Waals surface area contributed by atoms with Crippen LogP contribution in [0.3, 0.4) is 0 Å². The Morgan fingerprint density at radius 3 is 2.63 bits per heavy atom. The molecule has 2 amide bonds. The van der Waals surface area contributed by atoms with Gasteiger partial charge in [0, 0.05) is 6.54 Å². The van der Waals surface area contributed by atoms with Crippen LogP contribution in [-0.2, 0) is 6.18 Å². The summed E-state index contributed by atoms with van der Waals surface area (Å²) in [5.41, 5.74) is -0.904. The van der Waals surface area contributed by atoms with Crippen molar-refractivity contribution in [3.8, 4) is 0 Å². The fourth-order valence-electron chi connectivity index (χ4n) is 1.52. The number of halogens is 4. The summed E-state index contributed by atoms with van der Waals surface area (Å²) in [6.07, 6.45) is -2.32. The number of hydrogen-bond donors (Lipinski definition) is 2. The monoisotopic (exact) mass is 292 g/mol. The zero-order chi connectivity index (χ0) is 14.0. The van der Waals surface area contributed by atoms with E-state index in [9.17, 15) is 18.0 Å². The molecule has 0 heterocycles. The fraction of sp³-hybridized carbons (Fsp3) is 0.417. The Labute approximate surface area is 113 Å². The molecule has 0 atom stereocenters. The first-order valence-electron chi connectivity index (χ1n) is 5.78. The molecule has 1 fully saturated rings. The van der Waals surface area contributed by atoms with E-state index in [-0.39, 0.29) is 10.7 Å². The van der Waals surface area contributed by atoms with Crippen LogP contribution >= 0.6 is 11.6 Å². The van der Waals surface area contributed by atoms with Crippen molar-refractivity contribution in [1.29, 1.82) is 0 Å². The van der Waals surface area contributed by atoms with Crippen LogP contribution in [-0.4, -0.2) is 12.6 Å². The molecule has 2 N–H and O–H groups in total. The predicted molar refractivity (Wildman–Crippen MR) is 66.2 cm³/mol. The van der Waals surface area contributed by atoms with Crippen molar-refractivity contribution in [2.75, 3.05) is 11.9 Å². The maximum atomic E-state index is 12.5. The SMILES string of the molecule is O=C(NCC1CC1)Nc1cc(C(F)(F)F)ccc1Cl. The van der Waals surface area contributed by atoms with Gasteiger partial charge in [0.05, 0.1) is 16.3 Å². The van der Waals surface area contributed by atoms with Gasteiger partial charge < -0.3 is 10.6 Å². The van der Waals surface area contributed by atoms with Crippen molar-refractivity contribution >= 4 is 23.3 Å². The van der Waals surface area contributed by atoms with Gasteiger partial charge in [-0.15, -0.1) is 0 Å². The summed E-state index contributed by atoms with van der Waals surface area (Å²) in [5, 5.41) is 4.98. The van der Waals surface area contributed by atoms with Gasteiger partial charge in [0.2, 0.25) is 0 Å². The standard InChI is InChI=1S/C12H12ClF3N2O/c13-9-4-3-8(12(14,15)16)5-10(9)18-11(19)17-6-7-1-2-7/h3-5,7H,1-2,6H2,(H2,17,18,19). The van der Waals surface area contributed by atoms with Gasteiger partial charge in [-0.1, -0.05) is 11.6 Å². The first-order chi connectivity index (χ1) is 8.86. The van der Waals surface area contributed by atoms with Gasteiger partial charge in [-0.2, -0.15) is 13.2 Å². The molecule has 1 saturated carbocycles. The van der Waals surface area contributed by atoms with Gasteiger partial charge in [-0.3, -0.25) is 0 Å². The highest BCUT2D eigenvalue weighted by atomic mass is 35.5. The number of benzene rings is 1. The summed E-state index contributed by atoms with van der Waals surface area (Å²) in [6.45, 7) is 0.530. The molecule has 0 aromatic heterocycles. The average molecular weight is 293 g/mol. The molecule has 0 unspecified atom stereocenters. The third kappa shape index (κ3) is 4.02. The molecule has 0 aliphatic heterocycles. The Bertz CT molecular complexity index is 486. The lowest BCUT2D eigenvalue weighted by molar-refractivity contribution is -0.137. The Hall–Kier alpha value is -1.43. The second kappa shape index (κ2) is 5.28. The smallest absolute Gasteiger partial charge is 0.338 e. The molecule has 0 radical (unpaired) electrons. The lowest BCUT2D eigenvalue weighted by Crippen LogP contribution is -2.30. The van der Waals surface area contributed by atoms with Crippen molar-refractivity contribution in [3.05, 3.63) is 28.8 Å². The molecule has 104 valence electrons. The normalized spacial score (nSPS) is 15.2. The topological polar surface area (TPSA) is 41.1 Å². The Kier molecular flexibility index (Phi) is 3.89. The highest BCUT2D eigenvalue weighted by molar-refractivity contribution is 6.33. The zero-order valence-corrected chi connectivity index (χ0v) is 10.6. The first kappa shape index (κ1) is 14.0. The molecule has 0 spiro atoms. The van der Waals surface area contributed by atoms with E-state index in [0.29, 0.717) is 12.5 Å². The van der Waals surface area contributed by atoms with Crippen LogP contribution < -0.4 is 10.6 Å². The van der Waals surface area contributed by atoms with Crippen molar-refractivity contribution in [1.82, 2.24) is 5.32 Å². The molecule has 1 aliphatic carbocycles. The number of carbonyl (C=O) groups is 1. The molecule has 3 nitrogen and oxygen atoms in total. The van der Waals surface area contributed by atoms with Crippen LogP contribution in [0.4, 0.5) is 23.7 Å². The second-order valence-electron chi connectivity index (χ2n) is 4.47. The summed E-state index contributed by atoms with van der Waals surface area (Å²) < 4.78 is 37.6. The molecule has 1 aromatic rings. The van der Waals surface area contributed by atoms with Gasteiger partial charge in [-0.25, -0.2) is 4.79 Å². The second-order valence-corrected chi connectivity index (χ2v) is 4.88. The van der Waals surface area contributed by atoms with Crippen LogP contribution in [0.25, 0.3) is 0 Å². The van der Waals surface area contributed by atoms with Gasteiger partial charge in [0.25, 0.3) is 0 Å². The number of nitrogens with one attached hydrogen (secondary N) is 2. The van der Waals surface area contributed by atoms with Gasteiger partial charge in [0.1, 0.15) is 0 Å². The van der Waals surface area contributed by atoms with E-state index in [1.54, 1.807) is 0 Å². The Morgan fingerprint density at radius 1 is 1.37 bits per heavy atom. The van der Waals surface area contributed by atoms with E-state index in [1.807, 2.05) is 0 Å². The number of carbonyl (C=O) groups excluding carboxylic acids is 1. The summed E-state index contributed by atoms with van der Waals surface area (Å²) in [5.74, 6) is 0.489. The van der Waals surface area contributed by atoms with Gasteiger partial charge in [-0.05, 0) is 37.0 Å². The molecular formula is C12H12ClF3N2O. The Balaban J connectivity index is 2.03. The molecular weight excluding hydrogens is 281 g/mol. The highest BCUT2D eigenvalue weighted by Gasteiger charge is 2.31. The third-order valence-electron chi connectivity index (χ3n) is 2.79. The molecule has 1 aliphatic rings. The molecule has 0 bridgehead atoms. The minimum atomic E-state index is -4.47. The van der Waals surface area contributed by atoms with E-state index in [0.717, 1.165) is 31.0 Å². The van der Waals surface area contributed by atoms with Gasteiger partial charge in [0.15, 0.2) is 0 Å². The third-order valence-corrected chi connectivity index (χ3v) is 3.12. The number of anilines is 1. The lowest BCUT2D eigenvalue weighted by atomic mass is 10.2. The maximum Gasteiger partial charge on any atom is 0.416 e. The molecule has 0 saturated heterocycles. The predicted octanol–water partition coefficient (Wildman–Crippen LogP) is 3.89. The van der Waals surface area contributed by atoms with Crippen LogP contribution in [0, 0.1) is 5.92 Å². The number of urea groups is 1. The van der Waals surface area contributed by atoms with Crippen molar-refractivity contribution in [3.63, 3.8) is 0 Å². The van der Waals surface area contributed by atoms with Gasteiger partial charge >= 0.3 is 12.2 Å². The lowest BCUT2D eigenvalue weighted by Gasteiger charge is -2.12. The van der Waals surface area contributed by atoms with E-state index in [2.05, 4.69) is 10.6 Å². The number of rotatable bonds is 3. The zero-order valence-electron chi connectivity index (χ0n) is 9.85. The van der Waals surface area contributed by atoms with Crippen LogP contribution in [0.5, 0.6) is 0 Å². The molecule has 1 aromatic carbocycles. The quantitative estimate of drug-likeness (QED) is 0.872. The number of amides is 2. The van der Waals surface area contributed by atoms with Crippen molar-refractivity contribution < 1.29 is 18.0 Å². The number of hydrogen-bond acceptors (Lipinski definition) is 1. The molecule has 19 heavy (non-hydrogen) atoms. The van der Waals surface area contributed by atoms with E-state index in [4.69, 9.17) is 11.6 Å². The van der Waals surface area contributed by atoms with Crippen molar-refractivity contribution in [2.24, 2.45) is 5.92 Å². The summed E-state index contributed by atoms with van der Waals surface area (Å²) in [7, 11) is 0. The fourth-order valence-corrected chi connectivity index (χ4v) is 1.69. The van der Waals surface area contributed by atoms with E-state index in [1.165, 1.54) is 0 Å².